The molecule has 2 heterocycles. The van der Waals surface area contributed by atoms with E-state index in [0.717, 1.165) is 37.3 Å². The Morgan fingerprint density at radius 2 is 1.68 bits per heavy atom. The van der Waals surface area contributed by atoms with Crippen molar-refractivity contribution in [2.75, 3.05) is 32.7 Å². The van der Waals surface area contributed by atoms with Crippen molar-refractivity contribution in [2.24, 2.45) is 11.8 Å². The molecule has 2 aromatic rings. The van der Waals surface area contributed by atoms with E-state index in [1.54, 1.807) is 0 Å². The highest BCUT2D eigenvalue weighted by atomic mass is 35.5. The molecule has 40 heavy (non-hydrogen) atoms. The Morgan fingerprint density at radius 1 is 0.950 bits per heavy atom. The number of hydrogen-bond acceptors (Lipinski definition) is 3. The molecule has 216 valence electrons. The Hall–Kier alpha value is -2.51. The molecule has 0 N–H and O–H groups in total. The zero-order chi connectivity index (χ0) is 28.6. The number of halogens is 3. The van der Waals surface area contributed by atoms with Crippen molar-refractivity contribution in [3.05, 3.63) is 70.2 Å². The van der Waals surface area contributed by atoms with Crippen LogP contribution in [0.15, 0.2) is 42.5 Å². The lowest BCUT2D eigenvalue weighted by atomic mass is 9.87. The van der Waals surface area contributed by atoms with Gasteiger partial charge in [0.2, 0.25) is 11.8 Å². The minimum Gasteiger partial charge on any atom is -0.341 e. The number of carbonyl (C=O) groups is 2. The van der Waals surface area contributed by atoms with E-state index in [-0.39, 0.29) is 29.3 Å². The van der Waals surface area contributed by atoms with Crippen molar-refractivity contribution in [3.8, 4) is 0 Å². The topological polar surface area (TPSA) is 43.9 Å². The second-order valence-electron chi connectivity index (χ2n) is 12.7. The molecule has 0 radical (unpaired) electrons. The molecule has 2 aliphatic heterocycles. The van der Waals surface area contributed by atoms with Crippen LogP contribution in [-0.2, 0) is 9.59 Å². The summed E-state index contributed by atoms with van der Waals surface area (Å²) in [6.07, 6.45) is 4.24. The smallest absolute Gasteiger partial charge is 0.227 e. The molecule has 0 spiro atoms. The standard InChI is InChI=1S/C32H40ClF2N3O2/c1-32(2,3)37-19-26(25-13-12-24(34)18-28(25)35)27(20-37)31(40)36-14-4-5-29(22-8-10-23(33)11-9-22)38(16-15-36)30(39)17-21-6-7-21/h8-13,18,21,26-27,29H,4-7,14-17,19-20H2,1-3H3. The normalized spacial score (nSPS) is 24.6. The Balaban J connectivity index is 1.37. The summed E-state index contributed by atoms with van der Waals surface area (Å²) in [6, 6.07) is 11.3. The van der Waals surface area contributed by atoms with E-state index in [0.29, 0.717) is 55.6 Å². The van der Waals surface area contributed by atoms with Crippen LogP contribution in [0.2, 0.25) is 5.02 Å². The molecule has 8 heteroatoms. The summed E-state index contributed by atoms with van der Waals surface area (Å²) in [6.45, 7) is 8.79. The number of nitrogens with zero attached hydrogens (tertiary/aromatic N) is 3. The minimum atomic E-state index is -0.621. The van der Waals surface area contributed by atoms with Gasteiger partial charge in [-0.1, -0.05) is 29.8 Å². The first-order chi connectivity index (χ1) is 19.0. The Kier molecular flexibility index (Phi) is 8.53. The molecule has 1 saturated carbocycles. The van der Waals surface area contributed by atoms with Gasteiger partial charge >= 0.3 is 0 Å². The molecule has 3 atom stereocenters. The zero-order valence-electron chi connectivity index (χ0n) is 23.7. The van der Waals surface area contributed by atoms with Gasteiger partial charge in [-0.05, 0) is 81.7 Å². The summed E-state index contributed by atoms with van der Waals surface area (Å²) in [4.78, 5) is 33.7. The molecule has 3 fully saturated rings. The molecule has 1 aliphatic carbocycles. The molecular formula is C32H40ClF2N3O2. The molecule has 2 aromatic carbocycles. The fourth-order valence-electron chi connectivity index (χ4n) is 6.32. The van der Waals surface area contributed by atoms with E-state index < -0.39 is 17.6 Å². The van der Waals surface area contributed by atoms with E-state index in [1.807, 2.05) is 34.1 Å². The van der Waals surface area contributed by atoms with E-state index in [2.05, 4.69) is 25.7 Å². The summed E-state index contributed by atoms with van der Waals surface area (Å²) < 4.78 is 28.7. The maximum Gasteiger partial charge on any atom is 0.227 e. The third-order valence-electron chi connectivity index (χ3n) is 8.89. The van der Waals surface area contributed by atoms with Gasteiger partial charge in [-0.25, -0.2) is 8.78 Å². The first-order valence-corrected chi connectivity index (χ1v) is 14.9. The average Bonchev–Trinajstić information content (AvgIpc) is 3.57. The van der Waals surface area contributed by atoms with E-state index in [1.165, 1.54) is 12.1 Å². The third kappa shape index (κ3) is 6.52. The van der Waals surface area contributed by atoms with E-state index in [4.69, 9.17) is 11.6 Å². The number of hydrogen-bond donors (Lipinski definition) is 0. The van der Waals surface area contributed by atoms with Crippen LogP contribution in [0, 0.1) is 23.5 Å². The Bertz CT molecular complexity index is 1230. The van der Waals surface area contributed by atoms with Gasteiger partial charge in [0, 0.05) is 61.7 Å². The summed E-state index contributed by atoms with van der Waals surface area (Å²) in [5.41, 5.74) is 1.26. The van der Waals surface area contributed by atoms with Crippen molar-refractivity contribution in [1.29, 1.82) is 0 Å². The van der Waals surface area contributed by atoms with Crippen LogP contribution in [0.3, 0.4) is 0 Å². The molecule has 3 aliphatic rings. The van der Waals surface area contributed by atoms with Crippen molar-refractivity contribution < 1.29 is 18.4 Å². The lowest BCUT2D eigenvalue weighted by molar-refractivity contribution is -0.140. The zero-order valence-corrected chi connectivity index (χ0v) is 24.5. The van der Waals surface area contributed by atoms with Gasteiger partial charge < -0.3 is 9.80 Å². The summed E-state index contributed by atoms with van der Waals surface area (Å²) in [5.74, 6) is -1.44. The molecule has 0 bridgehead atoms. The predicted octanol–water partition coefficient (Wildman–Crippen LogP) is 6.42. The van der Waals surface area contributed by atoms with E-state index in [9.17, 15) is 18.4 Å². The second-order valence-corrected chi connectivity index (χ2v) is 13.2. The lowest BCUT2D eigenvalue weighted by Crippen LogP contribution is -2.48. The highest BCUT2D eigenvalue weighted by Gasteiger charge is 2.44. The Morgan fingerprint density at radius 3 is 2.33 bits per heavy atom. The third-order valence-corrected chi connectivity index (χ3v) is 9.14. The fourth-order valence-corrected chi connectivity index (χ4v) is 6.44. The van der Waals surface area contributed by atoms with Gasteiger partial charge in [0.1, 0.15) is 11.6 Å². The van der Waals surface area contributed by atoms with Crippen molar-refractivity contribution in [3.63, 3.8) is 0 Å². The van der Waals surface area contributed by atoms with Crippen LogP contribution < -0.4 is 0 Å². The number of carbonyl (C=O) groups excluding carboxylic acids is 2. The largest absolute Gasteiger partial charge is 0.341 e. The maximum absolute atomic E-state index is 15.0. The van der Waals surface area contributed by atoms with E-state index >= 15 is 0 Å². The molecule has 2 saturated heterocycles. The number of benzene rings is 2. The summed E-state index contributed by atoms with van der Waals surface area (Å²) >= 11 is 6.14. The van der Waals surface area contributed by atoms with Crippen LogP contribution in [0.1, 0.15) is 76.0 Å². The van der Waals surface area contributed by atoms with Gasteiger partial charge in [-0.15, -0.1) is 0 Å². The lowest BCUT2D eigenvalue weighted by Gasteiger charge is -2.38. The SMILES string of the molecule is CC(C)(C)N1CC(C(=O)N2CCCC(c3ccc(Cl)cc3)N(C(=O)CC3CC3)CC2)C(c2ccc(F)cc2F)C1. The van der Waals surface area contributed by atoms with Gasteiger partial charge in [0.15, 0.2) is 0 Å². The summed E-state index contributed by atoms with van der Waals surface area (Å²) in [5, 5.41) is 0.662. The van der Waals surface area contributed by atoms with Crippen LogP contribution in [-0.4, -0.2) is 64.8 Å². The monoisotopic (exact) mass is 571 g/mol. The number of amides is 2. The molecular weight excluding hydrogens is 532 g/mol. The number of rotatable bonds is 5. The highest BCUT2D eigenvalue weighted by Crippen LogP contribution is 2.40. The van der Waals surface area contributed by atoms with Crippen molar-refractivity contribution >= 4 is 23.4 Å². The fraction of sp³-hybridized carbons (Fsp3) is 0.562. The molecule has 5 nitrogen and oxygen atoms in total. The predicted molar refractivity (Wildman–Crippen MR) is 153 cm³/mol. The highest BCUT2D eigenvalue weighted by molar-refractivity contribution is 6.30. The van der Waals surface area contributed by atoms with Gasteiger partial charge in [-0.2, -0.15) is 0 Å². The van der Waals surface area contributed by atoms with Crippen LogP contribution in [0.25, 0.3) is 0 Å². The van der Waals surface area contributed by atoms with Crippen LogP contribution in [0.4, 0.5) is 8.78 Å². The van der Waals surface area contributed by atoms with Crippen molar-refractivity contribution in [2.45, 2.75) is 70.4 Å². The average molecular weight is 572 g/mol. The maximum atomic E-state index is 15.0. The van der Waals surface area contributed by atoms with Gasteiger partial charge in [0.25, 0.3) is 0 Å². The van der Waals surface area contributed by atoms with Gasteiger partial charge in [-0.3, -0.25) is 14.5 Å². The van der Waals surface area contributed by atoms with Crippen molar-refractivity contribution in [1.82, 2.24) is 14.7 Å². The quantitative estimate of drug-likeness (QED) is 0.416. The minimum absolute atomic E-state index is 0.0139. The first kappa shape index (κ1) is 29.0. The molecule has 3 unspecified atom stereocenters. The number of likely N-dealkylation sites (tertiary alicyclic amines) is 1. The Labute approximate surface area is 241 Å². The van der Waals surface area contributed by atoms with Crippen LogP contribution in [0.5, 0.6) is 0 Å². The molecule has 2 amide bonds. The van der Waals surface area contributed by atoms with Crippen LogP contribution >= 0.6 is 11.6 Å². The first-order valence-electron chi connectivity index (χ1n) is 14.5. The molecule has 5 rings (SSSR count). The van der Waals surface area contributed by atoms with Gasteiger partial charge in [0.05, 0.1) is 12.0 Å². The summed E-state index contributed by atoms with van der Waals surface area (Å²) in [7, 11) is 0. The second kappa shape index (κ2) is 11.8. The molecule has 0 aromatic heterocycles.